The number of hydrogen-bond donors (Lipinski definition) is 3. The summed E-state index contributed by atoms with van der Waals surface area (Å²) in [5.74, 6) is -0.102. The van der Waals surface area contributed by atoms with E-state index in [9.17, 15) is 19.8 Å². The molecule has 418 valence electrons. The lowest BCUT2D eigenvalue weighted by atomic mass is 10.0. The van der Waals surface area contributed by atoms with Crippen LogP contribution in [0, 0.1) is 0 Å². The topological polar surface area (TPSA) is 95.9 Å². The Morgan fingerprint density at radius 3 is 1.10 bits per heavy atom. The van der Waals surface area contributed by atoms with Gasteiger partial charge in [-0.2, -0.15) is 0 Å². The van der Waals surface area contributed by atoms with E-state index in [1.54, 1.807) is 6.08 Å². The molecule has 0 saturated carbocycles. The molecule has 0 saturated heterocycles. The normalized spacial score (nSPS) is 12.8. The van der Waals surface area contributed by atoms with E-state index < -0.39 is 12.1 Å². The van der Waals surface area contributed by atoms with Gasteiger partial charge in [-0.1, -0.05) is 301 Å². The van der Waals surface area contributed by atoms with Gasteiger partial charge >= 0.3 is 5.97 Å². The summed E-state index contributed by atoms with van der Waals surface area (Å²) >= 11 is 0. The number of esters is 1. The van der Waals surface area contributed by atoms with Crippen LogP contribution in [0.5, 0.6) is 0 Å². The number of amides is 1. The molecule has 0 fully saturated rings. The largest absolute Gasteiger partial charge is 0.466 e. The quantitative estimate of drug-likeness (QED) is 0.0321. The van der Waals surface area contributed by atoms with E-state index in [1.165, 1.54) is 250 Å². The zero-order valence-corrected chi connectivity index (χ0v) is 47.7. The molecule has 0 rings (SSSR count). The maximum Gasteiger partial charge on any atom is 0.305 e. The predicted molar refractivity (Wildman–Crippen MR) is 310 cm³/mol. The first-order valence-corrected chi connectivity index (χ1v) is 31.8. The summed E-state index contributed by atoms with van der Waals surface area (Å²) in [5, 5.41) is 23.2. The number of rotatable bonds is 59. The van der Waals surface area contributed by atoms with Crippen molar-refractivity contribution in [3.63, 3.8) is 0 Å². The van der Waals surface area contributed by atoms with Gasteiger partial charge in [0, 0.05) is 12.8 Å². The first-order chi connectivity index (χ1) is 35.0. The third-order valence-electron chi connectivity index (χ3n) is 14.7. The highest BCUT2D eigenvalue weighted by atomic mass is 16.5. The molecule has 0 aromatic heterocycles. The van der Waals surface area contributed by atoms with Crippen LogP contribution in [0.15, 0.2) is 36.5 Å². The van der Waals surface area contributed by atoms with Gasteiger partial charge in [-0.25, -0.2) is 0 Å². The molecule has 0 aliphatic carbocycles. The minimum absolute atomic E-state index is 0.0184. The van der Waals surface area contributed by atoms with Gasteiger partial charge in [-0.05, 0) is 64.2 Å². The first kappa shape index (κ1) is 69.1. The third kappa shape index (κ3) is 57.2. The predicted octanol–water partition coefficient (Wildman–Crippen LogP) is 20.0. The second-order valence-corrected chi connectivity index (χ2v) is 21.7. The first-order valence-electron chi connectivity index (χ1n) is 31.8. The third-order valence-corrected chi connectivity index (χ3v) is 14.7. The SMILES string of the molecule is CCCCC/C=C\C/C=C\CCCCCCCCCCCC(=O)OCCCCCCCCCCCCCC(=O)NC(CO)C(O)/C=C/CCCCCCCCCCCCCCCCCCCCCCCC. The van der Waals surface area contributed by atoms with Crippen molar-refractivity contribution in [2.24, 2.45) is 0 Å². The minimum Gasteiger partial charge on any atom is -0.466 e. The number of carbonyl (C=O) groups is 2. The molecule has 2 atom stereocenters. The van der Waals surface area contributed by atoms with E-state index in [2.05, 4.69) is 43.5 Å². The van der Waals surface area contributed by atoms with Crippen molar-refractivity contribution in [1.82, 2.24) is 5.32 Å². The average molecular weight is 999 g/mol. The molecule has 0 bridgehead atoms. The summed E-state index contributed by atoms with van der Waals surface area (Å²) in [6, 6.07) is -0.644. The number of carbonyl (C=O) groups excluding carboxylic acids is 2. The number of hydrogen-bond acceptors (Lipinski definition) is 5. The second kappa shape index (κ2) is 60.6. The Labute approximate surface area is 443 Å². The number of allylic oxidation sites excluding steroid dienone is 5. The smallest absolute Gasteiger partial charge is 0.305 e. The van der Waals surface area contributed by atoms with Crippen molar-refractivity contribution in [3.8, 4) is 0 Å². The van der Waals surface area contributed by atoms with Crippen molar-refractivity contribution >= 4 is 11.9 Å². The van der Waals surface area contributed by atoms with Crippen LogP contribution in [0.1, 0.15) is 341 Å². The van der Waals surface area contributed by atoms with E-state index >= 15 is 0 Å². The molecule has 0 radical (unpaired) electrons. The summed E-state index contributed by atoms with van der Waals surface area (Å²) < 4.78 is 5.48. The number of ether oxygens (including phenoxy) is 1. The fourth-order valence-corrected chi connectivity index (χ4v) is 9.78. The van der Waals surface area contributed by atoms with Crippen molar-refractivity contribution < 1.29 is 24.5 Å². The molecule has 1 amide bonds. The summed E-state index contributed by atoms with van der Waals surface area (Å²) in [7, 11) is 0. The molecule has 0 aliphatic rings. The van der Waals surface area contributed by atoms with Gasteiger partial charge in [0.05, 0.1) is 25.4 Å². The molecule has 0 aliphatic heterocycles. The molecular weight excluding hydrogens is 875 g/mol. The Kier molecular flexibility index (Phi) is 59.0. The average Bonchev–Trinajstić information content (AvgIpc) is 3.37. The lowest BCUT2D eigenvalue weighted by Gasteiger charge is -2.20. The molecular formula is C65H123NO5. The van der Waals surface area contributed by atoms with Gasteiger partial charge in [0.2, 0.25) is 5.91 Å². The maximum atomic E-state index is 12.5. The summed E-state index contributed by atoms with van der Waals surface area (Å²) in [5.41, 5.74) is 0. The lowest BCUT2D eigenvalue weighted by molar-refractivity contribution is -0.143. The molecule has 0 aromatic rings. The van der Waals surface area contributed by atoms with Crippen LogP contribution in [0.3, 0.4) is 0 Å². The van der Waals surface area contributed by atoms with Gasteiger partial charge in [-0.15, -0.1) is 0 Å². The van der Waals surface area contributed by atoms with Gasteiger partial charge in [0.15, 0.2) is 0 Å². The summed E-state index contributed by atoms with van der Waals surface area (Å²) in [6.07, 6.45) is 76.1. The van der Waals surface area contributed by atoms with Gasteiger partial charge in [0.25, 0.3) is 0 Å². The van der Waals surface area contributed by atoms with E-state index in [1.807, 2.05) is 6.08 Å². The molecule has 3 N–H and O–H groups in total. The van der Waals surface area contributed by atoms with Crippen LogP contribution in [-0.4, -0.2) is 47.4 Å². The number of aliphatic hydroxyl groups excluding tert-OH is 2. The van der Waals surface area contributed by atoms with Gasteiger partial charge in [0.1, 0.15) is 0 Å². The van der Waals surface area contributed by atoms with Gasteiger partial charge in [-0.3, -0.25) is 9.59 Å². The Balaban J connectivity index is 3.48. The molecule has 71 heavy (non-hydrogen) atoms. The number of aliphatic hydroxyl groups is 2. The lowest BCUT2D eigenvalue weighted by Crippen LogP contribution is -2.45. The standard InChI is InChI=1S/C65H123NO5/c1-3-5-7-9-11-13-15-17-19-21-23-24-25-26-27-29-30-32-34-37-41-45-49-53-57-63(68)62(61-67)66-64(69)58-54-50-46-42-38-36-40-44-48-52-56-60-71-65(70)59-55-51-47-43-39-35-33-31-28-22-20-18-16-14-12-10-8-6-4-2/h12,14,18,20,53,57,62-63,67-68H,3-11,13,15-17,19,21-52,54-56,58-61H2,1-2H3,(H,66,69)/b14-12-,20-18-,57-53+. The van der Waals surface area contributed by atoms with Crippen molar-refractivity contribution in [2.45, 2.75) is 353 Å². The maximum absolute atomic E-state index is 12.5. The molecule has 0 spiro atoms. The van der Waals surface area contributed by atoms with Crippen molar-refractivity contribution in [1.29, 1.82) is 0 Å². The van der Waals surface area contributed by atoms with E-state index in [-0.39, 0.29) is 18.5 Å². The Morgan fingerprint density at radius 1 is 0.394 bits per heavy atom. The Bertz CT molecular complexity index is 1150. The van der Waals surface area contributed by atoms with Crippen LogP contribution in [0.2, 0.25) is 0 Å². The summed E-state index contributed by atoms with van der Waals surface area (Å²) in [4.78, 5) is 24.6. The zero-order chi connectivity index (χ0) is 51.4. The van der Waals surface area contributed by atoms with Crippen molar-refractivity contribution in [3.05, 3.63) is 36.5 Å². The zero-order valence-electron chi connectivity index (χ0n) is 47.7. The van der Waals surface area contributed by atoms with E-state index in [4.69, 9.17) is 4.74 Å². The van der Waals surface area contributed by atoms with Crippen LogP contribution in [0.25, 0.3) is 0 Å². The molecule has 2 unspecified atom stereocenters. The Morgan fingerprint density at radius 2 is 0.704 bits per heavy atom. The van der Waals surface area contributed by atoms with E-state index in [0.717, 1.165) is 64.2 Å². The van der Waals surface area contributed by atoms with Crippen LogP contribution >= 0.6 is 0 Å². The number of nitrogens with one attached hydrogen (secondary N) is 1. The highest BCUT2D eigenvalue weighted by Crippen LogP contribution is 2.18. The summed E-state index contributed by atoms with van der Waals surface area (Å²) in [6.45, 7) is 4.86. The highest BCUT2D eigenvalue weighted by Gasteiger charge is 2.18. The Hall–Kier alpha value is -1.92. The molecule has 0 heterocycles. The van der Waals surface area contributed by atoms with Crippen molar-refractivity contribution in [2.75, 3.05) is 13.2 Å². The molecule has 6 nitrogen and oxygen atoms in total. The molecule has 0 aromatic carbocycles. The minimum atomic E-state index is -0.859. The number of unbranched alkanes of at least 4 members (excludes halogenated alkanes) is 44. The van der Waals surface area contributed by atoms with Gasteiger partial charge < -0.3 is 20.3 Å². The van der Waals surface area contributed by atoms with Crippen LogP contribution < -0.4 is 5.32 Å². The van der Waals surface area contributed by atoms with Crippen LogP contribution in [0.4, 0.5) is 0 Å². The van der Waals surface area contributed by atoms with Crippen LogP contribution in [-0.2, 0) is 14.3 Å². The fourth-order valence-electron chi connectivity index (χ4n) is 9.78. The monoisotopic (exact) mass is 998 g/mol. The highest BCUT2D eigenvalue weighted by molar-refractivity contribution is 5.76. The fraction of sp³-hybridized carbons (Fsp3) is 0.877. The van der Waals surface area contributed by atoms with E-state index in [0.29, 0.717) is 19.4 Å². The second-order valence-electron chi connectivity index (χ2n) is 21.7. The molecule has 6 heteroatoms.